The highest BCUT2D eigenvalue weighted by Gasteiger charge is 2.23. The molecule has 0 aliphatic carbocycles. The molecule has 3 rings (SSSR count). The summed E-state index contributed by atoms with van der Waals surface area (Å²) in [5, 5.41) is 5.02. The highest BCUT2D eigenvalue weighted by molar-refractivity contribution is 9.10. The summed E-state index contributed by atoms with van der Waals surface area (Å²) in [6, 6.07) is 9.15. The largest absolute Gasteiger partial charge is 0.490 e. The molecule has 8 heteroatoms. The van der Waals surface area contributed by atoms with Crippen LogP contribution in [-0.4, -0.2) is 29.1 Å². The molecule has 0 spiro atoms. The Kier molecular flexibility index (Phi) is 7.56. The van der Waals surface area contributed by atoms with E-state index in [1.807, 2.05) is 52.0 Å². The predicted octanol–water partition coefficient (Wildman–Crippen LogP) is 6.06. The SMILES string of the molecule is C=CCOc1c(Br)cc(C=Nn2c(C(C)(C)C)nc3ccc(Br)cc3c2=O)cc1OCC. The molecule has 6 nitrogen and oxygen atoms in total. The number of nitrogens with zero attached hydrogens (tertiary/aromatic N) is 3. The monoisotopic (exact) mass is 561 g/mol. The van der Waals surface area contributed by atoms with Crippen molar-refractivity contribution in [3.63, 3.8) is 0 Å². The highest BCUT2D eigenvalue weighted by Crippen LogP contribution is 2.36. The number of hydrogen-bond acceptors (Lipinski definition) is 5. The van der Waals surface area contributed by atoms with Gasteiger partial charge in [0.15, 0.2) is 11.5 Å². The van der Waals surface area contributed by atoms with Crippen molar-refractivity contribution in [1.29, 1.82) is 0 Å². The normalized spacial score (nSPS) is 11.8. The molecule has 0 N–H and O–H groups in total. The Labute approximate surface area is 204 Å². The Bertz CT molecular complexity index is 1240. The van der Waals surface area contributed by atoms with Crippen molar-refractivity contribution in [2.45, 2.75) is 33.1 Å². The van der Waals surface area contributed by atoms with Gasteiger partial charge in [0.1, 0.15) is 12.4 Å². The van der Waals surface area contributed by atoms with E-state index in [-0.39, 0.29) is 5.56 Å². The number of ether oxygens (including phenoxy) is 2. The number of aromatic nitrogens is 2. The summed E-state index contributed by atoms with van der Waals surface area (Å²) in [6.45, 7) is 12.4. The average molecular weight is 563 g/mol. The molecule has 168 valence electrons. The van der Waals surface area contributed by atoms with Crippen molar-refractivity contribution in [3.8, 4) is 11.5 Å². The van der Waals surface area contributed by atoms with Crippen LogP contribution >= 0.6 is 31.9 Å². The summed E-state index contributed by atoms with van der Waals surface area (Å²) >= 11 is 6.97. The van der Waals surface area contributed by atoms with Crippen molar-refractivity contribution in [2.24, 2.45) is 5.10 Å². The molecule has 32 heavy (non-hydrogen) atoms. The standard InChI is InChI=1S/C24H25Br2N3O3/c1-6-10-32-21-18(26)11-15(12-20(21)31-7-2)14-27-29-22(30)17-13-16(25)8-9-19(17)28-23(29)24(3,4)5/h6,8-9,11-14H,1,7,10H2,2-5H3. The average Bonchev–Trinajstić information content (AvgIpc) is 2.72. The first-order valence-corrected chi connectivity index (χ1v) is 11.7. The van der Waals surface area contributed by atoms with E-state index >= 15 is 0 Å². The maximum Gasteiger partial charge on any atom is 0.282 e. The van der Waals surface area contributed by atoms with Crippen molar-refractivity contribution in [1.82, 2.24) is 9.66 Å². The van der Waals surface area contributed by atoms with Gasteiger partial charge in [0, 0.05) is 9.89 Å². The van der Waals surface area contributed by atoms with Gasteiger partial charge >= 0.3 is 0 Å². The number of halogens is 2. The molecule has 0 saturated heterocycles. The topological polar surface area (TPSA) is 65.7 Å². The zero-order chi connectivity index (χ0) is 23.5. The lowest BCUT2D eigenvalue weighted by atomic mass is 9.95. The number of benzene rings is 2. The van der Waals surface area contributed by atoms with Crippen LogP contribution in [0.3, 0.4) is 0 Å². The number of fused-ring (bicyclic) bond motifs is 1. The first-order chi connectivity index (χ1) is 15.2. The Morgan fingerprint density at radius 3 is 2.59 bits per heavy atom. The molecule has 3 aromatic rings. The van der Waals surface area contributed by atoms with E-state index in [9.17, 15) is 4.79 Å². The fraction of sp³-hybridized carbons (Fsp3) is 0.292. The summed E-state index contributed by atoms with van der Waals surface area (Å²) in [6.07, 6.45) is 3.29. The summed E-state index contributed by atoms with van der Waals surface area (Å²) in [5.41, 5.74) is 0.761. The summed E-state index contributed by atoms with van der Waals surface area (Å²) in [7, 11) is 0. The second-order valence-corrected chi connectivity index (χ2v) is 9.84. The molecule has 0 atom stereocenters. The number of hydrogen-bond donors (Lipinski definition) is 0. The van der Waals surface area contributed by atoms with Crippen LogP contribution in [0, 0.1) is 0 Å². The molecule has 2 aromatic carbocycles. The van der Waals surface area contributed by atoms with Crippen molar-refractivity contribution in [3.05, 3.63) is 73.7 Å². The van der Waals surface area contributed by atoms with Gasteiger partial charge in [-0.3, -0.25) is 4.79 Å². The first-order valence-electron chi connectivity index (χ1n) is 10.1. The van der Waals surface area contributed by atoms with Gasteiger partial charge in [-0.05, 0) is 58.7 Å². The van der Waals surface area contributed by atoms with Gasteiger partial charge in [-0.15, -0.1) is 0 Å². The molecule has 0 aliphatic heterocycles. The molecule has 1 aromatic heterocycles. The summed E-state index contributed by atoms with van der Waals surface area (Å²) in [5.74, 6) is 1.74. The van der Waals surface area contributed by atoms with Gasteiger partial charge in [0.2, 0.25) is 0 Å². The first kappa shape index (κ1) is 24.2. The van der Waals surface area contributed by atoms with Crippen LogP contribution in [0.15, 0.2) is 61.8 Å². The summed E-state index contributed by atoms with van der Waals surface area (Å²) < 4.78 is 14.4. The Morgan fingerprint density at radius 1 is 1.19 bits per heavy atom. The lowest BCUT2D eigenvalue weighted by molar-refractivity contribution is 0.295. The van der Waals surface area contributed by atoms with E-state index in [1.54, 1.807) is 18.4 Å². The lowest BCUT2D eigenvalue weighted by Crippen LogP contribution is -2.29. The van der Waals surface area contributed by atoms with Gasteiger partial charge in [0.05, 0.1) is 28.2 Å². The van der Waals surface area contributed by atoms with Crippen molar-refractivity contribution >= 4 is 49.0 Å². The van der Waals surface area contributed by atoms with Crippen LogP contribution in [0.2, 0.25) is 0 Å². The third kappa shape index (κ3) is 5.30. The van der Waals surface area contributed by atoms with Crippen LogP contribution in [0.1, 0.15) is 39.1 Å². The molecule has 1 heterocycles. The van der Waals surface area contributed by atoms with E-state index in [4.69, 9.17) is 14.5 Å². The summed E-state index contributed by atoms with van der Waals surface area (Å²) in [4.78, 5) is 18.0. The lowest BCUT2D eigenvalue weighted by Gasteiger charge is -2.21. The maximum atomic E-state index is 13.3. The van der Waals surface area contributed by atoms with Gasteiger partial charge in [-0.25, -0.2) is 4.98 Å². The molecule has 0 saturated carbocycles. The van der Waals surface area contributed by atoms with E-state index in [2.05, 4.69) is 43.5 Å². The van der Waals surface area contributed by atoms with Gasteiger partial charge in [-0.1, -0.05) is 49.4 Å². The van der Waals surface area contributed by atoms with Crippen LogP contribution in [-0.2, 0) is 5.41 Å². The fourth-order valence-corrected chi connectivity index (χ4v) is 4.01. The fourth-order valence-electron chi connectivity index (χ4n) is 3.07. The Morgan fingerprint density at radius 2 is 1.94 bits per heavy atom. The van der Waals surface area contributed by atoms with Crippen LogP contribution < -0.4 is 15.0 Å². The van der Waals surface area contributed by atoms with Gasteiger partial charge < -0.3 is 9.47 Å². The number of rotatable bonds is 7. The zero-order valence-electron chi connectivity index (χ0n) is 18.5. The van der Waals surface area contributed by atoms with Crippen molar-refractivity contribution < 1.29 is 9.47 Å². The van der Waals surface area contributed by atoms with E-state index in [0.29, 0.717) is 41.4 Å². The molecular weight excluding hydrogens is 538 g/mol. The third-order valence-corrected chi connectivity index (χ3v) is 5.56. The minimum Gasteiger partial charge on any atom is -0.490 e. The molecule has 0 bridgehead atoms. The maximum absolute atomic E-state index is 13.3. The quantitative estimate of drug-likeness (QED) is 0.259. The Hall–Kier alpha value is -2.45. The smallest absolute Gasteiger partial charge is 0.282 e. The zero-order valence-corrected chi connectivity index (χ0v) is 21.7. The molecule has 0 aliphatic rings. The molecule has 0 fully saturated rings. The van der Waals surface area contributed by atoms with E-state index in [1.165, 1.54) is 4.68 Å². The molecular formula is C24H25Br2N3O3. The van der Waals surface area contributed by atoms with Gasteiger partial charge in [-0.2, -0.15) is 9.78 Å². The van der Waals surface area contributed by atoms with Crippen molar-refractivity contribution in [2.75, 3.05) is 13.2 Å². The third-order valence-electron chi connectivity index (χ3n) is 4.48. The van der Waals surface area contributed by atoms with E-state index < -0.39 is 5.41 Å². The minimum atomic E-state index is -0.392. The molecule has 0 amide bonds. The predicted molar refractivity (Wildman–Crippen MR) is 136 cm³/mol. The highest BCUT2D eigenvalue weighted by atomic mass is 79.9. The Balaban J connectivity index is 2.14. The molecule has 0 unspecified atom stereocenters. The van der Waals surface area contributed by atoms with Crippen LogP contribution in [0.4, 0.5) is 0 Å². The van der Waals surface area contributed by atoms with Crippen LogP contribution in [0.5, 0.6) is 11.5 Å². The minimum absolute atomic E-state index is 0.229. The van der Waals surface area contributed by atoms with E-state index in [0.717, 1.165) is 14.5 Å². The van der Waals surface area contributed by atoms with Gasteiger partial charge in [0.25, 0.3) is 5.56 Å². The van der Waals surface area contributed by atoms with Crippen LogP contribution in [0.25, 0.3) is 10.9 Å². The second-order valence-electron chi connectivity index (χ2n) is 8.07. The second kappa shape index (κ2) is 10.0. The molecule has 0 radical (unpaired) electrons.